The van der Waals surface area contributed by atoms with Crippen molar-refractivity contribution < 1.29 is 9.47 Å². The number of nitrogens with one attached hydrogen (secondary N) is 2. The van der Waals surface area contributed by atoms with Crippen LogP contribution in [0.3, 0.4) is 0 Å². The number of aryl methyl sites for hydroxylation is 1. The second kappa shape index (κ2) is 3.98. The van der Waals surface area contributed by atoms with E-state index in [4.69, 9.17) is 9.47 Å². The number of hydrogen-bond acceptors (Lipinski definition) is 5. The molecule has 0 aliphatic carbocycles. The van der Waals surface area contributed by atoms with Crippen LogP contribution in [-0.2, 0) is 7.05 Å². The van der Waals surface area contributed by atoms with Crippen molar-refractivity contribution in [3.63, 3.8) is 0 Å². The number of benzene rings is 1. The van der Waals surface area contributed by atoms with Gasteiger partial charge in [0.15, 0.2) is 17.1 Å². The molecule has 0 spiro atoms. The summed E-state index contributed by atoms with van der Waals surface area (Å²) in [6, 6.07) is 5.35. The fourth-order valence-corrected chi connectivity index (χ4v) is 2.29. The number of aromatic nitrogens is 4. The standard InChI is InChI=1S/C13H10N4O4/c1-17-11-9(12(18)16-13(17)19)14-10(15-11)6-2-3-7-8(4-6)21-5-20-7/h2-4H,5H2,1H3,(H,14,15)(H,16,18,19). The Hall–Kier alpha value is -3.03. The first-order valence-electron chi connectivity index (χ1n) is 6.22. The number of hydrogen-bond donors (Lipinski definition) is 2. The minimum Gasteiger partial charge on any atom is -0.454 e. The summed E-state index contributed by atoms with van der Waals surface area (Å²) >= 11 is 0. The largest absolute Gasteiger partial charge is 0.454 e. The van der Waals surface area contributed by atoms with Gasteiger partial charge in [0.05, 0.1) is 0 Å². The maximum atomic E-state index is 11.8. The van der Waals surface area contributed by atoms with E-state index >= 15 is 0 Å². The summed E-state index contributed by atoms with van der Waals surface area (Å²) in [5.41, 5.74) is 0.298. The van der Waals surface area contributed by atoms with E-state index in [0.29, 0.717) is 23.0 Å². The smallest absolute Gasteiger partial charge is 0.329 e. The quantitative estimate of drug-likeness (QED) is 0.672. The van der Waals surface area contributed by atoms with Gasteiger partial charge in [0.1, 0.15) is 11.3 Å². The zero-order valence-electron chi connectivity index (χ0n) is 11.0. The molecule has 4 rings (SSSR count). The van der Waals surface area contributed by atoms with E-state index in [-0.39, 0.29) is 12.3 Å². The van der Waals surface area contributed by atoms with Crippen LogP contribution >= 0.6 is 0 Å². The third-order valence-electron chi connectivity index (χ3n) is 3.40. The molecule has 0 amide bonds. The van der Waals surface area contributed by atoms with Crippen molar-refractivity contribution in [2.45, 2.75) is 0 Å². The number of nitrogens with zero attached hydrogens (tertiary/aromatic N) is 2. The predicted octanol–water partition coefficient (Wildman–Crippen LogP) is 0.346. The van der Waals surface area contributed by atoms with Gasteiger partial charge in [-0.25, -0.2) is 9.78 Å². The van der Waals surface area contributed by atoms with Crippen LogP contribution in [0.1, 0.15) is 0 Å². The van der Waals surface area contributed by atoms with Crippen molar-refractivity contribution in [3.8, 4) is 22.9 Å². The van der Waals surface area contributed by atoms with Crippen LogP contribution in [0, 0.1) is 0 Å². The van der Waals surface area contributed by atoms with Crippen LogP contribution < -0.4 is 20.7 Å². The molecule has 1 aliphatic heterocycles. The first kappa shape index (κ1) is 11.8. The number of aromatic amines is 2. The summed E-state index contributed by atoms with van der Waals surface area (Å²) in [7, 11) is 1.55. The molecule has 21 heavy (non-hydrogen) atoms. The first-order chi connectivity index (χ1) is 10.1. The molecule has 2 N–H and O–H groups in total. The molecule has 3 aromatic rings. The highest BCUT2D eigenvalue weighted by atomic mass is 16.7. The van der Waals surface area contributed by atoms with E-state index < -0.39 is 11.2 Å². The molecule has 1 aromatic carbocycles. The molecule has 0 fully saturated rings. The minimum atomic E-state index is -0.503. The second-order valence-electron chi connectivity index (χ2n) is 4.67. The molecule has 0 saturated heterocycles. The Bertz CT molecular complexity index is 982. The van der Waals surface area contributed by atoms with Crippen LogP contribution in [0.2, 0.25) is 0 Å². The van der Waals surface area contributed by atoms with E-state index in [2.05, 4.69) is 15.0 Å². The Morgan fingerprint density at radius 2 is 2.00 bits per heavy atom. The zero-order valence-corrected chi connectivity index (χ0v) is 11.0. The second-order valence-corrected chi connectivity index (χ2v) is 4.67. The Balaban J connectivity index is 1.96. The lowest BCUT2D eigenvalue weighted by Gasteiger charge is -1.99. The topological polar surface area (TPSA) is 102 Å². The van der Waals surface area contributed by atoms with Gasteiger partial charge < -0.3 is 14.5 Å². The molecular weight excluding hydrogens is 276 g/mol. The molecule has 8 nitrogen and oxygen atoms in total. The lowest BCUT2D eigenvalue weighted by atomic mass is 10.2. The van der Waals surface area contributed by atoms with Crippen LogP contribution in [-0.4, -0.2) is 26.3 Å². The van der Waals surface area contributed by atoms with Gasteiger partial charge in [-0.15, -0.1) is 0 Å². The normalized spacial score (nSPS) is 13.0. The molecular formula is C13H10N4O4. The minimum absolute atomic E-state index is 0.188. The molecule has 8 heteroatoms. The molecule has 0 saturated carbocycles. The molecule has 0 unspecified atom stereocenters. The van der Waals surface area contributed by atoms with Gasteiger partial charge >= 0.3 is 5.69 Å². The highest BCUT2D eigenvalue weighted by Gasteiger charge is 2.17. The number of ether oxygens (including phenoxy) is 2. The zero-order chi connectivity index (χ0) is 14.6. The third-order valence-corrected chi connectivity index (χ3v) is 3.40. The van der Waals surface area contributed by atoms with Gasteiger partial charge in [0.25, 0.3) is 5.56 Å². The van der Waals surface area contributed by atoms with E-state index in [1.807, 2.05) is 0 Å². The van der Waals surface area contributed by atoms with Crippen LogP contribution in [0.15, 0.2) is 27.8 Å². The van der Waals surface area contributed by atoms with Crippen molar-refractivity contribution in [2.75, 3.05) is 6.79 Å². The van der Waals surface area contributed by atoms with Crippen molar-refractivity contribution in [1.29, 1.82) is 0 Å². The molecule has 106 valence electrons. The van der Waals surface area contributed by atoms with Crippen LogP contribution in [0.4, 0.5) is 0 Å². The van der Waals surface area contributed by atoms with Crippen LogP contribution in [0.25, 0.3) is 22.6 Å². The fourth-order valence-electron chi connectivity index (χ4n) is 2.29. The third kappa shape index (κ3) is 1.65. The van der Waals surface area contributed by atoms with E-state index in [1.54, 1.807) is 25.2 Å². The Morgan fingerprint density at radius 1 is 1.19 bits per heavy atom. The van der Waals surface area contributed by atoms with Crippen LogP contribution in [0.5, 0.6) is 11.5 Å². The molecule has 1 aliphatic rings. The monoisotopic (exact) mass is 286 g/mol. The maximum absolute atomic E-state index is 11.8. The van der Waals surface area contributed by atoms with Gasteiger partial charge in [-0.1, -0.05) is 0 Å². The molecule has 0 bridgehead atoms. The highest BCUT2D eigenvalue weighted by molar-refractivity contribution is 5.76. The average Bonchev–Trinajstić information content (AvgIpc) is 3.10. The molecule has 0 atom stereocenters. The molecule has 0 radical (unpaired) electrons. The predicted molar refractivity (Wildman–Crippen MR) is 73.5 cm³/mol. The summed E-state index contributed by atoms with van der Waals surface area (Å²) in [5, 5.41) is 0. The highest BCUT2D eigenvalue weighted by Crippen LogP contribution is 2.35. The Kier molecular flexibility index (Phi) is 2.23. The summed E-state index contributed by atoms with van der Waals surface area (Å²) in [4.78, 5) is 32.8. The number of rotatable bonds is 1. The lowest BCUT2D eigenvalue weighted by molar-refractivity contribution is 0.174. The van der Waals surface area contributed by atoms with Gasteiger partial charge in [0.2, 0.25) is 6.79 Å². The fraction of sp³-hybridized carbons (Fsp3) is 0.154. The molecule has 2 aromatic heterocycles. The van der Waals surface area contributed by atoms with Crippen molar-refractivity contribution in [1.82, 2.24) is 19.5 Å². The summed E-state index contributed by atoms with van der Waals surface area (Å²) < 4.78 is 11.8. The maximum Gasteiger partial charge on any atom is 0.329 e. The van der Waals surface area contributed by atoms with E-state index in [1.165, 1.54) is 4.57 Å². The summed E-state index contributed by atoms with van der Waals surface area (Å²) in [6.07, 6.45) is 0. The van der Waals surface area contributed by atoms with E-state index in [0.717, 1.165) is 5.56 Å². The van der Waals surface area contributed by atoms with Crippen molar-refractivity contribution in [2.24, 2.45) is 7.05 Å². The average molecular weight is 286 g/mol. The first-order valence-corrected chi connectivity index (χ1v) is 6.22. The number of fused-ring (bicyclic) bond motifs is 2. The van der Waals surface area contributed by atoms with Gasteiger partial charge in [-0.3, -0.25) is 14.3 Å². The Labute approximate surface area is 117 Å². The summed E-state index contributed by atoms with van der Waals surface area (Å²) in [5.74, 6) is 1.77. The van der Waals surface area contributed by atoms with Crippen molar-refractivity contribution in [3.05, 3.63) is 39.0 Å². The van der Waals surface area contributed by atoms with Gasteiger partial charge in [-0.05, 0) is 18.2 Å². The number of H-pyrrole nitrogens is 2. The van der Waals surface area contributed by atoms with E-state index in [9.17, 15) is 9.59 Å². The SMILES string of the molecule is Cn1c(=O)[nH]c(=O)c2[nH]c(-c3ccc4c(c3)OCO4)nc21. The Morgan fingerprint density at radius 3 is 2.86 bits per heavy atom. The lowest BCUT2D eigenvalue weighted by Crippen LogP contribution is -2.28. The molecule has 3 heterocycles. The van der Waals surface area contributed by atoms with Crippen molar-refractivity contribution >= 4 is 11.2 Å². The summed E-state index contributed by atoms with van der Waals surface area (Å²) in [6.45, 7) is 0.188. The number of imidazole rings is 1. The van der Waals surface area contributed by atoms with Gasteiger partial charge in [-0.2, -0.15) is 0 Å². The van der Waals surface area contributed by atoms with Gasteiger partial charge in [0, 0.05) is 12.6 Å².